The summed E-state index contributed by atoms with van der Waals surface area (Å²) in [5.41, 5.74) is 2.18. The lowest BCUT2D eigenvalue weighted by Crippen LogP contribution is -2.22. The molecular formula is C12H14N2O. The fraction of sp³-hybridized carbons (Fsp3) is 0.417. The molecule has 2 aliphatic heterocycles. The van der Waals surface area contributed by atoms with Gasteiger partial charge in [-0.3, -0.25) is 4.79 Å². The Balaban J connectivity index is 1.98. The van der Waals surface area contributed by atoms with Crippen LogP contribution < -0.4 is 10.6 Å². The van der Waals surface area contributed by atoms with Crippen LogP contribution in [0.4, 0.5) is 5.69 Å². The lowest BCUT2D eigenvalue weighted by molar-refractivity contribution is -0.118. The Labute approximate surface area is 88.9 Å². The number of carbonyl (C=O) groups is 1. The molecule has 0 aromatic heterocycles. The maximum absolute atomic E-state index is 11.9. The van der Waals surface area contributed by atoms with Crippen molar-refractivity contribution in [2.45, 2.75) is 12.3 Å². The summed E-state index contributed by atoms with van der Waals surface area (Å²) in [5.74, 6) is 0.703. The van der Waals surface area contributed by atoms with Crippen LogP contribution in [-0.4, -0.2) is 19.0 Å². The minimum atomic E-state index is 0.0659. The Morgan fingerprint density at radius 3 is 2.93 bits per heavy atom. The van der Waals surface area contributed by atoms with Gasteiger partial charge in [0.15, 0.2) is 0 Å². The van der Waals surface area contributed by atoms with Gasteiger partial charge in [-0.15, -0.1) is 0 Å². The van der Waals surface area contributed by atoms with E-state index in [1.165, 1.54) is 5.56 Å². The van der Waals surface area contributed by atoms with E-state index in [0.29, 0.717) is 5.92 Å². The van der Waals surface area contributed by atoms with E-state index >= 15 is 0 Å². The summed E-state index contributed by atoms with van der Waals surface area (Å²) >= 11 is 0. The number of carbonyl (C=O) groups excluding carboxylic acids is 1. The summed E-state index contributed by atoms with van der Waals surface area (Å²) in [6.45, 7) is 2.00. The van der Waals surface area contributed by atoms with Gasteiger partial charge in [0.25, 0.3) is 0 Å². The predicted molar refractivity (Wildman–Crippen MR) is 58.8 cm³/mol. The average Bonchev–Trinajstić information content (AvgIpc) is 2.82. The van der Waals surface area contributed by atoms with E-state index in [-0.39, 0.29) is 11.8 Å². The Morgan fingerprint density at radius 2 is 2.13 bits per heavy atom. The number of hydrogen-bond acceptors (Lipinski definition) is 2. The molecule has 2 unspecified atom stereocenters. The Hall–Kier alpha value is -1.35. The van der Waals surface area contributed by atoms with Crippen molar-refractivity contribution in [1.29, 1.82) is 0 Å². The molecule has 1 saturated heterocycles. The molecule has 78 valence electrons. The third-order valence-corrected chi connectivity index (χ3v) is 3.41. The number of rotatable bonds is 1. The molecule has 1 fully saturated rings. The van der Waals surface area contributed by atoms with Crippen molar-refractivity contribution in [3.8, 4) is 0 Å². The normalized spacial score (nSPS) is 28.9. The van der Waals surface area contributed by atoms with Gasteiger partial charge in [0.2, 0.25) is 5.91 Å². The number of nitrogens with one attached hydrogen (secondary N) is 2. The van der Waals surface area contributed by atoms with Crippen molar-refractivity contribution in [3.63, 3.8) is 0 Å². The molecule has 15 heavy (non-hydrogen) atoms. The third kappa shape index (κ3) is 1.35. The van der Waals surface area contributed by atoms with E-state index in [9.17, 15) is 4.79 Å². The molecule has 2 aliphatic rings. The zero-order valence-corrected chi connectivity index (χ0v) is 8.49. The first-order chi connectivity index (χ1) is 7.36. The topological polar surface area (TPSA) is 41.1 Å². The standard InChI is InChI=1S/C12H14N2O/c15-12-11(8-5-6-13-7-8)9-3-1-2-4-10(9)14-12/h1-4,8,11,13H,5-7H2,(H,14,15). The van der Waals surface area contributed by atoms with Crippen molar-refractivity contribution in [3.05, 3.63) is 29.8 Å². The average molecular weight is 202 g/mol. The molecule has 0 aliphatic carbocycles. The summed E-state index contributed by atoms with van der Waals surface area (Å²) < 4.78 is 0. The first-order valence-electron chi connectivity index (χ1n) is 5.47. The summed E-state index contributed by atoms with van der Waals surface area (Å²) in [4.78, 5) is 11.9. The second kappa shape index (κ2) is 3.35. The molecular weight excluding hydrogens is 188 g/mol. The molecule has 0 saturated carbocycles. The monoisotopic (exact) mass is 202 g/mol. The number of benzene rings is 1. The highest BCUT2D eigenvalue weighted by Gasteiger charge is 2.37. The van der Waals surface area contributed by atoms with Gasteiger partial charge >= 0.3 is 0 Å². The molecule has 1 amide bonds. The summed E-state index contributed by atoms with van der Waals surface area (Å²) in [7, 11) is 0. The zero-order chi connectivity index (χ0) is 10.3. The van der Waals surface area contributed by atoms with E-state index in [2.05, 4.69) is 16.7 Å². The van der Waals surface area contributed by atoms with Gasteiger partial charge in [-0.2, -0.15) is 0 Å². The maximum atomic E-state index is 11.9. The number of para-hydroxylation sites is 1. The Kier molecular flexibility index (Phi) is 1.99. The van der Waals surface area contributed by atoms with Crippen LogP contribution in [0.2, 0.25) is 0 Å². The first kappa shape index (κ1) is 8.92. The first-order valence-corrected chi connectivity index (χ1v) is 5.47. The molecule has 0 spiro atoms. The van der Waals surface area contributed by atoms with Crippen molar-refractivity contribution in [1.82, 2.24) is 5.32 Å². The molecule has 2 atom stereocenters. The lowest BCUT2D eigenvalue weighted by atomic mass is 9.86. The summed E-state index contributed by atoms with van der Waals surface area (Å²) in [6.07, 6.45) is 1.10. The van der Waals surface area contributed by atoms with Gasteiger partial charge in [-0.1, -0.05) is 18.2 Å². The van der Waals surface area contributed by atoms with Crippen molar-refractivity contribution >= 4 is 11.6 Å². The molecule has 1 aromatic rings. The summed E-state index contributed by atoms with van der Waals surface area (Å²) in [5, 5.41) is 6.28. The highest BCUT2D eigenvalue weighted by molar-refractivity contribution is 6.03. The number of fused-ring (bicyclic) bond motifs is 1. The van der Waals surface area contributed by atoms with Crippen LogP contribution in [0.25, 0.3) is 0 Å². The van der Waals surface area contributed by atoms with Crippen molar-refractivity contribution in [2.24, 2.45) is 5.92 Å². The van der Waals surface area contributed by atoms with Gasteiger partial charge in [0, 0.05) is 5.69 Å². The van der Waals surface area contributed by atoms with Crippen molar-refractivity contribution < 1.29 is 4.79 Å². The molecule has 0 radical (unpaired) electrons. The second-order valence-electron chi connectivity index (χ2n) is 4.31. The molecule has 2 N–H and O–H groups in total. The molecule has 0 bridgehead atoms. The molecule has 3 heteroatoms. The van der Waals surface area contributed by atoms with Gasteiger partial charge in [-0.25, -0.2) is 0 Å². The fourth-order valence-electron chi connectivity index (χ4n) is 2.66. The highest BCUT2D eigenvalue weighted by Crippen LogP contribution is 2.39. The second-order valence-corrected chi connectivity index (χ2v) is 4.31. The van der Waals surface area contributed by atoms with E-state index in [1.807, 2.05) is 18.2 Å². The van der Waals surface area contributed by atoms with E-state index < -0.39 is 0 Å². The third-order valence-electron chi connectivity index (χ3n) is 3.41. The van der Waals surface area contributed by atoms with Crippen LogP contribution in [0.1, 0.15) is 17.9 Å². The lowest BCUT2D eigenvalue weighted by Gasteiger charge is -2.15. The zero-order valence-electron chi connectivity index (χ0n) is 8.49. The van der Waals surface area contributed by atoms with Crippen LogP contribution in [0.3, 0.4) is 0 Å². The quantitative estimate of drug-likeness (QED) is 0.721. The minimum Gasteiger partial charge on any atom is -0.325 e. The molecule has 3 nitrogen and oxygen atoms in total. The Morgan fingerprint density at radius 1 is 1.27 bits per heavy atom. The minimum absolute atomic E-state index is 0.0659. The SMILES string of the molecule is O=C1Nc2ccccc2C1C1CCNC1. The van der Waals surface area contributed by atoms with Crippen LogP contribution in [0.15, 0.2) is 24.3 Å². The predicted octanol–water partition coefficient (Wildman–Crippen LogP) is 1.33. The van der Waals surface area contributed by atoms with Gasteiger partial charge in [0.05, 0.1) is 5.92 Å². The Bertz CT molecular complexity index is 396. The van der Waals surface area contributed by atoms with Crippen LogP contribution in [0, 0.1) is 5.92 Å². The number of hydrogen-bond donors (Lipinski definition) is 2. The van der Waals surface area contributed by atoms with E-state index in [1.54, 1.807) is 0 Å². The van der Waals surface area contributed by atoms with Crippen LogP contribution in [-0.2, 0) is 4.79 Å². The maximum Gasteiger partial charge on any atom is 0.232 e. The van der Waals surface area contributed by atoms with E-state index in [4.69, 9.17) is 0 Å². The molecule has 3 rings (SSSR count). The molecule has 1 aromatic carbocycles. The van der Waals surface area contributed by atoms with Gasteiger partial charge in [-0.05, 0) is 37.1 Å². The van der Waals surface area contributed by atoms with Gasteiger partial charge in [0.1, 0.15) is 0 Å². The largest absolute Gasteiger partial charge is 0.325 e. The van der Waals surface area contributed by atoms with Crippen molar-refractivity contribution in [2.75, 3.05) is 18.4 Å². The summed E-state index contributed by atoms with van der Waals surface area (Å²) in [6, 6.07) is 8.02. The highest BCUT2D eigenvalue weighted by atomic mass is 16.2. The van der Waals surface area contributed by atoms with E-state index in [0.717, 1.165) is 25.2 Å². The fourth-order valence-corrected chi connectivity index (χ4v) is 2.66. The number of anilines is 1. The van der Waals surface area contributed by atoms with Crippen LogP contribution in [0.5, 0.6) is 0 Å². The van der Waals surface area contributed by atoms with Crippen LogP contribution >= 0.6 is 0 Å². The number of amides is 1. The smallest absolute Gasteiger partial charge is 0.232 e. The molecule has 2 heterocycles. The van der Waals surface area contributed by atoms with Gasteiger partial charge < -0.3 is 10.6 Å².